The van der Waals surface area contributed by atoms with Crippen LogP contribution in [0.2, 0.25) is 0 Å². The Balaban J connectivity index is 2.16. The summed E-state index contributed by atoms with van der Waals surface area (Å²) in [5.74, 6) is 1.03. The van der Waals surface area contributed by atoms with Crippen LogP contribution in [0.15, 0.2) is 18.2 Å². The predicted molar refractivity (Wildman–Crippen MR) is 75.9 cm³/mol. The first-order valence-corrected chi connectivity index (χ1v) is 6.59. The molecule has 1 saturated heterocycles. The molecule has 0 saturated carbocycles. The van der Waals surface area contributed by atoms with Crippen LogP contribution in [0, 0.1) is 0 Å². The predicted octanol–water partition coefficient (Wildman–Crippen LogP) is 1.18. The van der Waals surface area contributed by atoms with E-state index in [2.05, 4.69) is 15.2 Å². The van der Waals surface area contributed by atoms with E-state index in [1.54, 1.807) is 4.90 Å². The molecule has 0 aromatic carbocycles. The van der Waals surface area contributed by atoms with Crippen molar-refractivity contribution in [2.45, 2.75) is 25.9 Å². The molecule has 0 spiro atoms. The molecule has 0 aliphatic carbocycles. The zero-order valence-corrected chi connectivity index (χ0v) is 12.1. The summed E-state index contributed by atoms with van der Waals surface area (Å²) >= 11 is 0. The summed E-state index contributed by atoms with van der Waals surface area (Å²) in [6.45, 7) is 6.30. The SMILES string of the molecule is CNc1cccc(CN2CCN(C)C(=O)C2(C)C)n1. The number of nitrogens with one attached hydrogen (secondary N) is 1. The molecule has 1 aromatic heterocycles. The number of anilines is 1. The maximum absolute atomic E-state index is 12.2. The van der Waals surface area contributed by atoms with Gasteiger partial charge in [0.1, 0.15) is 5.82 Å². The molecule has 1 aliphatic heterocycles. The molecular formula is C14H22N4O. The minimum atomic E-state index is -0.468. The highest BCUT2D eigenvalue weighted by Gasteiger charge is 2.40. The van der Waals surface area contributed by atoms with Gasteiger partial charge in [0.25, 0.3) is 0 Å². The molecule has 1 fully saturated rings. The van der Waals surface area contributed by atoms with Crippen LogP contribution in [0.5, 0.6) is 0 Å². The second-order valence-electron chi connectivity index (χ2n) is 5.47. The van der Waals surface area contributed by atoms with Crippen molar-refractivity contribution < 1.29 is 4.79 Å². The summed E-state index contributed by atoms with van der Waals surface area (Å²) in [5, 5.41) is 3.04. The molecule has 1 N–H and O–H groups in total. The van der Waals surface area contributed by atoms with E-state index in [-0.39, 0.29) is 5.91 Å². The van der Waals surface area contributed by atoms with Gasteiger partial charge in [-0.1, -0.05) is 6.07 Å². The Morgan fingerprint density at radius 2 is 2.11 bits per heavy atom. The molecule has 0 bridgehead atoms. The summed E-state index contributed by atoms with van der Waals surface area (Å²) in [6, 6.07) is 5.92. The smallest absolute Gasteiger partial charge is 0.242 e. The van der Waals surface area contributed by atoms with E-state index < -0.39 is 5.54 Å². The molecule has 0 atom stereocenters. The topological polar surface area (TPSA) is 48.5 Å². The van der Waals surface area contributed by atoms with E-state index >= 15 is 0 Å². The second kappa shape index (κ2) is 5.17. The van der Waals surface area contributed by atoms with Crippen molar-refractivity contribution in [2.24, 2.45) is 0 Å². The van der Waals surface area contributed by atoms with E-state index in [1.165, 1.54) is 0 Å². The molecule has 19 heavy (non-hydrogen) atoms. The van der Waals surface area contributed by atoms with Gasteiger partial charge in [-0.25, -0.2) is 4.98 Å². The zero-order chi connectivity index (χ0) is 14.0. The molecule has 1 aliphatic rings. The molecule has 5 nitrogen and oxygen atoms in total. The van der Waals surface area contributed by atoms with Gasteiger partial charge in [-0.05, 0) is 26.0 Å². The number of rotatable bonds is 3. The van der Waals surface area contributed by atoms with Gasteiger partial charge in [0.05, 0.1) is 11.2 Å². The lowest BCUT2D eigenvalue weighted by atomic mass is 9.97. The highest BCUT2D eigenvalue weighted by Crippen LogP contribution is 2.23. The fourth-order valence-electron chi connectivity index (χ4n) is 2.43. The van der Waals surface area contributed by atoms with E-state index in [0.29, 0.717) is 6.54 Å². The Morgan fingerprint density at radius 3 is 2.79 bits per heavy atom. The molecule has 0 radical (unpaired) electrons. The Labute approximate surface area is 114 Å². The van der Waals surface area contributed by atoms with Crippen LogP contribution in [0.3, 0.4) is 0 Å². The average molecular weight is 262 g/mol. The quantitative estimate of drug-likeness (QED) is 0.888. The number of hydrogen-bond acceptors (Lipinski definition) is 4. The van der Waals surface area contributed by atoms with Gasteiger partial charge in [0, 0.05) is 33.7 Å². The number of piperazine rings is 1. The Kier molecular flexibility index (Phi) is 3.75. The third-order valence-corrected chi connectivity index (χ3v) is 3.78. The molecule has 0 unspecified atom stereocenters. The number of aromatic nitrogens is 1. The highest BCUT2D eigenvalue weighted by atomic mass is 16.2. The lowest BCUT2D eigenvalue weighted by Crippen LogP contribution is -2.61. The Morgan fingerprint density at radius 1 is 1.37 bits per heavy atom. The Bertz CT molecular complexity index is 472. The molecule has 2 heterocycles. The lowest BCUT2D eigenvalue weighted by Gasteiger charge is -2.44. The van der Waals surface area contributed by atoms with Crippen LogP contribution < -0.4 is 5.32 Å². The van der Waals surface area contributed by atoms with Gasteiger partial charge in [0.15, 0.2) is 0 Å². The summed E-state index contributed by atoms with van der Waals surface area (Å²) in [6.07, 6.45) is 0. The van der Waals surface area contributed by atoms with E-state index in [9.17, 15) is 4.79 Å². The minimum Gasteiger partial charge on any atom is -0.373 e. The lowest BCUT2D eigenvalue weighted by molar-refractivity contribution is -0.147. The van der Waals surface area contributed by atoms with Gasteiger partial charge < -0.3 is 10.2 Å². The third kappa shape index (κ3) is 2.71. The fraction of sp³-hybridized carbons (Fsp3) is 0.571. The van der Waals surface area contributed by atoms with Crippen molar-refractivity contribution in [3.8, 4) is 0 Å². The maximum atomic E-state index is 12.2. The number of carbonyl (C=O) groups is 1. The molecule has 1 amide bonds. The summed E-state index contributed by atoms with van der Waals surface area (Å²) in [7, 11) is 3.72. The molecule has 1 aromatic rings. The van der Waals surface area contributed by atoms with Gasteiger partial charge in [-0.15, -0.1) is 0 Å². The standard InChI is InChI=1S/C14H22N4O/c1-14(2)13(19)17(4)8-9-18(14)10-11-6-5-7-12(15-3)16-11/h5-7H,8-10H2,1-4H3,(H,15,16). The summed E-state index contributed by atoms with van der Waals surface area (Å²) in [5.41, 5.74) is 0.516. The van der Waals surface area contributed by atoms with Crippen molar-refractivity contribution in [1.82, 2.24) is 14.8 Å². The average Bonchev–Trinajstić information content (AvgIpc) is 2.40. The van der Waals surface area contributed by atoms with E-state index in [0.717, 1.165) is 24.6 Å². The van der Waals surface area contributed by atoms with Crippen molar-refractivity contribution in [1.29, 1.82) is 0 Å². The minimum absolute atomic E-state index is 0.170. The van der Waals surface area contributed by atoms with Crippen LogP contribution >= 0.6 is 0 Å². The van der Waals surface area contributed by atoms with Crippen molar-refractivity contribution >= 4 is 11.7 Å². The van der Waals surface area contributed by atoms with Crippen molar-refractivity contribution in [2.75, 3.05) is 32.5 Å². The van der Waals surface area contributed by atoms with Crippen LogP contribution in [0.25, 0.3) is 0 Å². The summed E-state index contributed by atoms with van der Waals surface area (Å²) in [4.78, 5) is 20.7. The summed E-state index contributed by atoms with van der Waals surface area (Å²) < 4.78 is 0. The van der Waals surface area contributed by atoms with Gasteiger partial charge in [-0.3, -0.25) is 9.69 Å². The fourth-order valence-corrected chi connectivity index (χ4v) is 2.43. The number of nitrogens with zero attached hydrogens (tertiary/aromatic N) is 3. The van der Waals surface area contributed by atoms with Crippen LogP contribution in [0.1, 0.15) is 19.5 Å². The highest BCUT2D eigenvalue weighted by molar-refractivity contribution is 5.86. The van der Waals surface area contributed by atoms with Gasteiger partial charge in [-0.2, -0.15) is 0 Å². The van der Waals surface area contributed by atoms with Gasteiger partial charge in [0.2, 0.25) is 5.91 Å². The van der Waals surface area contributed by atoms with Crippen molar-refractivity contribution in [3.05, 3.63) is 23.9 Å². The van der Waals surface area contributed by atoms with Crippen LogP contribution in [-0.2, 0) is 11.3 Å². The number of hydrogen-bond donors (Lipinski definition) is 1. The van der Waals surface area contributed by atoms with Crippen LogP contribution in [0.4, 0.5) is 5.82 Å². The molecule has 5 heteroatoms. The first-order valence-electron chi connectivity index (χ1n) is 6.59. The van der Waals surface area contributed by atoms with Gasteiger partial charge >= 0.3 is 0 Å². The van der Waals surface area contributed by atoms with E-state index in [4.69, 9.17) is 0 Å². The van der Waals surface area contributed by atoms with Crippen LogP contribution in [-0.4, -0.2) is 53.4 Å². The maximum Gasteiger partial charge on any atom is 0.242 e. The monoisotopic (exact) mass is 262 g/mol. The third-order valence-electron chi connectivity index (χ3n) is 3.78. The number of carbonyl (C=O) groups excluding carboxylic acids is 1. The molecule has 2 rings (SSSR count). The normalized spacial score (nSPS) is 19.6. The zero-order valence-electron chi connectivity index (χ0n) is 12.1. The van der Waals surface area contributed by atoms with E-state index in [1.807, 2.05) is 46.1 Å². The Hall–Kier alpha value is -1.62. The number of pyridine rings is 1. The second-order valence-corrected chi connectivity index (χ2v) is 5.47. The molecule has 104 valence electrons. The van der Waals surface area contributed by atoms with Crippen molar-refractivity contribution in [3.63, 3.8) is 0 Å². The largest absolute Gasteiger partial charge is 0.373 e. The molecular weight excluding hydrogens is 240 g/mol. The first kappa shape index (κ1) is 13.8. The first-order chi connectivity index (χ1) is 8.95. The number of likely N-dealkylation sites (N-methyl/N-ethyl adjacent to an activating group) is 1. The number of amides is 1.